The van der Waals surface area contributed by atoms with Crippen molar-refractivity contribution in [3.8, 4) is 17.6 Å². The van der Waals surface area contributed by atoms with Crippen LogP contribution in [0.3, 0.4) is 0 Å². The van der Waals surface area contributed by atoms with Gasteiger partial charge in [-0.3, -0.25) is 4.79 Å². The Labute approximate surface area is 163 Å². The highest BCUT2D eigenvalue weighted by atomic mass is 16.5. The van der Waals surface area contributed by atoms with E-state index in [1.165, 1.54) is 11.7 Å². The van der Waals surface area contributed by atoms with Crippen LogP contribution in [0.2, 0.25) is 0 Å². The van der Waals surface area contributed by atoms with E-state index in [1.807, 2.05) is 30.3 Å². The van der Waals surface area contributed by atoms with Crippen LogP contribution in [0.4, 0.5) is 0 Å². The van der Waals surface area contributed by atoms with E-state index in [9.17, 15) is 9.59 Å². The normalized spacial score (nSPS) is 9.93. The van der Waals surface area contributed by atoms with Crippen LogP contribution in [0.5, 0.6) is 5.75 Å². The highest BCUT2D eigenvalue weighted by Crippen LogP contribution is 2.15. The zero-order valence-electron chi connectivity index (χ0n) is 15.6. The SMILES string of the molecule is COC(=O)c1ccc(C#Cc2c(OCc3ccccc3)ccn(C)c2=O)cc1. The molecule has 0 amide bonds. The molecule has 1 heterocycles. The van der Waals surface area contributed by atoms with E-state index in [1.54, 1.807) is 43.6 Å². The summed E-state index contributed by atoms with van der Waals surface area (Å²) in [5, 5.41) is 0. The molecule has 0 atom stereocenters. The van der Waals surface area contributed by atoms with E-state index in [0.717, 1.165) is 5.56 Å². The molecule has 0 bridgehead atoms. The molecule has 0 N–H and O–H groups in total. The predicted octanol–water partition coefficient (Wildman–Crippen LogP) is 3.15. The van der Waals surface area contributed by atoms with Crippen molar-refractivity contribution >= 4 is 5.97 Å². The average molecular weight is 373 g/mol. The fraction of sp³-hybridized carbons (Fsp3) is 0.130. The van der Waals surface area contributed by atoms with Crippen molar-refractivity contribution in [1.29, 1.82) is 0 Å². The lowest BCUT2D eigenvalue weighted by atomic mass is 10.1. The van der Waals surface area contributed by atoms with Crippen LogP contribution in [0, 0.1) is 11.8 Å². The van der Waals surface area contributed by atoms with Gasteiger partial charge in [-0.05, 0) is 35.9 Å². The van der Waals surface area contributed by atoms with Crippen molar-refractivity contribution < 1.29 is 14.3 Å². The number of hydrogen-bond acceptors (Lipinski definition) is 4. The van der Waals surface area contributed by atoms with Crippen LogP contribution in [-0.4, -0.2) is 17.6 Å². The second kappa shape index (κ2) is 8.74. The Morgan fingerprint density at radius 2 is 1.71 bits per heavy atom. The zero-order valence-corrected chi connectivity index (χ0v) is 15.6. The maximum Gasteiger partial charge on any atom is 0.337 e. The van der Waals surface area contributed by atoms with Gasteiger partial charge in [0.05, 0.1) is 12.7 Å². The van der Waals surface area contributed by atoms with Gasteiger partial charge in [0.1, 0.15) is 17.9 Å². The molecule has 28 heavy (non-hydrogen) atoms. The lowest BCUT2D eigenvalue weighted by molar-refractivity contribution is 0.0600. The summed E-state index contributed by atoms with van der Waals surface area (Å²) in [5.41, 5.74) is 2.17. The second-order valence-electron chi connectivity index (χ2n) is 6.06. The Morgan fingerprint density at radius 1 is 1.00 bits per heavy atom. The Bertz CT molecular complexity index is 1090. The van der Waals surface area contributed by atoms with Crippen LogP contribution < -0.4 is 10.3 Å². The molecule has 0 aliphatic rings. The maximum absolute atomic E-state index is 12.5. The summed E-state index contributed by atoms with van der Waals surface area (Å²) in [6, 6.07) is 18.1. The molecule has 0 aliphatic heterocycles. The van der Waals surface area contributed by atoms with Crippen molar-refractivity contribution in [3.63, 3.8) is 0 Å². The van der Waals surface area contributed by atoms with Gasteiger partial charge in [0.2, 0.25) is 0 Å². The number of benzene rings is 2. The first kappa shape index (κ1) is 19.0. The molecule has 0 aliphatic carbocycles. The number of rotatable bonds is 4. The van der Waals surface area contributed by atoms with Gasteiger partial charge in [-0.1, -0.05) is 42.2 Å². The van der Waals surface area contributed by atoms with E-state index in [0.29, 0.717) is 23.5 Å². The smallest absolute Gasteiger partial charge is 0.337 e. The topological polar surface area (TPSA) is 57.5 Å². The molecule has 0 radical (unpaired) electrons. The molecule has 0 unspecified atom stereocenters. The van der Waals surface area contributed by atoms with Crippen LogP contribution in [0.1, 0.15) is 27.0 Å². The van der Waals surface area contributed by atoms with E-state index < -0.39 is 5.97 Å². The highest BCUT2D eigenvalue weighted by Gasteiger charge is 2.09. The van der Waals surface area contributed by atoms with E-state index in [-0.39, 0.29) is 11.1 Å². The summed E-state index contributed by atoms with van der Waals surface area (Å²) < 4.78 is 12.0. The van der Waals surface area contributed by atoms with Crippen molar-refractivity contribution in [1.82, 2.24) is 4.57 Å². The van der Waals surface area contributed by atoms with E-state index in [4.69, 9.17) is 4.74 Å². The van der Waals surface area contributed by atoms with Gasteiger partial charge in [0, 0.05) is 18.8 Å². The van der Waals surface area contributed by atoms with E-state index in [2.05, 4.69) is 16.6 Å². The van der Waals surface area contributed by atoms with Gasteiger partial charge >= 0.3 is 5.97 Å². The number of methoxy groups -OCH3 is 1. The largest absolute Gasteiger partial charge is 0.487 e. The Kier molecular flexibility index (Phi) is 5.93. The minimum absolute atomic E-state index is 0.232. The molecule has 3 aromatic rings. The fourth-order valence-electron chi connectivity index (χ4n) is 2.53. The standard InChI is InChI=1S/C23H19NO4/c1-24-15-14-21(28-16-18-6-4-3-5-7-18)20(22(24)25)13-10-17-8-11-19(12-9-17)23(26)27-2/h3-9,11-12,14-15H,16H2,1-2H3. The summed E-state index contributed by atoms with van der Waals surface area (Å²) in [6.07, 6.45) is 1.65. The molecular formula is C23H19NO4. The highest BCUT2D eigenvalue weighted by molar-refractivity contribution is 5.89. The number of aromatic nitrogens is 1. The second-order valence-corrected chi connectivity index (χ2v) is 6.06. The van der Waals surface area contributed by atoms with Gasteiger partial charge in [-0.25, -0.2) is 4.79 Å². The van der Waals surface area contributed by atoms with Gasteiger partial charge in [0.25, 0.3) is 5.56 Å². The number of esters is 1. The molecule has 0 spiro atoms. The lowest BCUT2D eigenvalue weighted by Gasteiger charge is -2.09. The van der Waals surface area contributed by atoms with Gasteiger partial charge in [-0.2, -0.15) is 0 Å². The van der Waals surface area contributed by atoms with Crippen molar-refractivity contribution in [3.05, 3.63) is 99.5 Å². The van der Waals surface area contributed by atoms with Crippen LogP contribution in [0.25, 0.3) is 0 Å². The molecule has 5 heteroatoms. The molecule has 140 valence electrons. The zero-order chi connectivity index (χ0) is 19.9. The third kappa shape index (κ3) is 4.49. The van der Waals surface area contributed by atoms with Crippen molar-refractivity contribution in [2.45, 2.75) is 6.61 Å². The van der Waals surface area contributed by atoms with Crippen molar-refractivity contribution in [2.24, 2.45) is 7.05 Å². The summed E-state index contributed by atoms with van der Waals surface area (Å²) in [6.45, 7) is 0.344. The molecule has 0 saturated carbocycles. The number of carbonyl (C=O) groups excluding carboxylic acids is 1. The number of aryl methyl sites for hydroxylation is 1. The Hall–Kier alpha value is -3.78. The fourth-order valence-corrected chi connectivity index (χ4v) is 2.53. The van der Waals surface area contributed by atoms with Gasteiger partial charge < -0.3 is 14.0 Å². The molecule has 1 aromatic heterocycles. The monoisotopic (exact) mass is 373 g/mol. The summed E-state index contributed by atoms with van der Waals surface area (Å²) >= 11 is 0. The van der Waals surface area contributed by atoms with Crippen molar-refractivity contribution in [2.75, 3.05) is 7.11 Å². The number of nitrogens with zero attached hydrogens (tertiary/aromatic N) is 1. The summed E-state index contributed by atoms with van der Waals surface area (Å²) in [5.74, 6) is 5.90. The summed E-state index contributed by atoms with van der Waals surface area (Å²) in [4.78, 5) is 24.0. The third-order valence-electron chi connectivity index (χ3n) is 4.11. The molecule has 0 fully saturated rings. The molecule has 5 nitrogen and oxygen atoms in total. The number of ether oxygens (including phenoxy) is 2. The number of hydrogen-bond donors (Lipinski definition) is 0. The van der Waals surface area contributed by atoms with Crippen LogP contribution in [0.15, 0.2) is 71.7 Å². The maximum atomic E-state index is 12.5. The van der Waals surface area contributed by atoms with Gasteiger partial charge in [-0.15, -0.1) is 0 Å². The third-order valence-corrected chi connectivity index (χ3v) is 4.11. The number of carbonyl (C=O) groups is 1. The lowest BCUT2D eigenvalue weighted by Crippen LogP contribution is -2.19. The van der Waals surface area contributed by atoms with Crippen LogP contribution >= 0.6 is 0 Å². The summed E-state index contributed by atoms with van der Waals surface area (Å²) in [7, 11) is 3.00. The first-order valence-corrected chi connectivity index (χ1v) is 8.65. The first-order valence-electron chi connectivity index (χ1n) is 8.65. The van der Waals surface area contributed by atoms with Crippen LogP contribution in [-0.2, 0) is 18.4 Å². The van der Waals surface area contributed by atoms with Gasteiger partial charge in [0.15, 0.2) is 0 Å². The average Bonchev–Trinajstić information content (AvgIpc) is 2.74. The molecule has 2 aromatic carbocycles. The Morgan fingerprint density at radius 3 is 2.39 bits per heavy atom. The molecule has 0 saturated heterocycles. The first-order chi connectivity index (χ1) is 13.6. The molecular weight excluding hydrogens is 354 g/mol. The minimum Gasteiger partial charge on any atom is -0.487 e. The predicted molar refractivity (Wildman–Crippen MR) is 106 cm³/mol. The number of pyridine rings is 1. The quantitative estimate of drug-likeness (QED) is 0.521. The Balaban J connectivity index is 1.87. The minimum atomic E-state index is -0.409. The molecule has 3 rings (SSSR count). The van der Waals surface area contributed by atoms with E-state index >= 15 is 0 Å².